The van der Waals surface area contributed by atoms with Crippen molar-refractivity contribution in [2.45, 2.75) is 13.3 Å². The van der Waals surface area contributed by atoms with Crippen LogP contribution >= 0.6 is 0 Å². The lowest BCUT2D eigenvalue weighted by Crippen LogP contribution is -2.19. The molecule has 2 aromatic carbocycles. The number of rotatable bonds is 7. The Hall–Kier alpha value is -3.02. The lowest BCUT2D eigenvalue weighted by atomic mass is 10.1. The highest BCUT2D eigenvalue weighted by molar-refractivity contribution is 5.59. The summed E-state index contributed by atoms with van der Waals surface area (Å²) in [5.41, 5.74) is 1.71. The maximum absolute atomic E-state index is 13.6. The molecule has 1 N–H and O–H groups in total. The van der Waals surface area contributed by atoms with Crippen molar-refractivity contribution in [3.8, 4) is 0 Å². The van der Waals surface area contributed by atoms with Gasteiger partial charge in [0, 0.05) is 18.8 Å². The summed E-state index contributed by atoms with van der Waals surface area (Å²) in [6.07, 6.45) is 2.19. The SMILES string of the molecule is CCN(c1ccccc1)c1cnnc(NCCc2ccccc2F)n1. The highest BCUT2D eigenvalue weighted by atomic mass is 19.1. The first-order valence-electron chi connectivity index (χ1n) is 8.27. The highest BCUT2D eigenvalue weighted by Gasteiger charge is 2.10. The normalized spacial score (nSPS) is 10.5. The van der Waals surface area contributed by atoms with E-state index >= 15 is 0 Å². The molecule has 1 aromatic heterocycles. The van der Waals surface area contributed by atoms with Crippen molar-refractivity contribution in [1.29, 1.82) is 0 Å². The van der Waals surface area contributed by atoms with Crippen molar-refractivity contribution in [3.05, 3.63) is 72.2 Å². The molecular weight excluding hydrogens is 317 g/mol. The molecule has 0 spiro atoms. The smallest absolute Gasteiger partial charge is 0.244 e. The molecule has 0 amide bonds. The van der Waals surface area contributed by atoms with Crippen molar-refractivity contribution in [3.63, 3.8) is 0 Å². The summed E-state index contributed by atoms with van der Waals surface area (Å²) in [4.78, 5) is 6.57. The minimum atomic E-state index is -0.196. The van der Waals surface area contributed by atoms with Gasteiger partial charge >= 0.3 is 0 Å². The van der Waals surface area contributed by atoms with E-state index in [1.165, 1.54) is 6.07 Å². The van der Waals surface area contributed by atoms with E-state index in [1.807, 2.05) is 36.4 Å². The molecule has 5 nitrogen and oxygen atoms in total. The topological polar surface area (TPSA) is 53.9 Å². The lowest BCUT2D eigenvalue weighted by Gasteiger charge is -2.21. The molecule has 25 heavy (non-hydrogen) atoms. The van der Waals surface area contributed by atoms with E-state index in [-0.39, 0.29) is 5.82 Å². The number of hydrogen-bond acceptors (Lipinski definition) is 5. The third-order valence-corrected chi connectivity index (χ3v) is 3.84. The number of nitrogens with zero attached hydrogens (tertiary/aromatic N) is 4. The van der Waals surface area contributed by atoms with Crippen LogP contribution < -0.4 is 10.2 Å². The minimum Gasteiger partial charge on any atom is -0.353 e. The third-order valence-electron chi connectivity index (χ3n) is 3.84. The van der Waals surface area contributed by atoms with Crippen LogP contribution in [0.3, 0.4) is 0 Å². The molecule has 0 aliphatic heterocycles. The van der Waals surface area contributed by atoms with Gasteiger partial charge in [0.05, 0.1) is 6.20 Å². The van der Waals surface area contributed by atoms with Gasteiger partial charge in [-0.1, -0.05) is 36.4 Å². The van der Waals surface area contributed by atoms with E-state index in [2.05, 4.69) is 32.3 Å². The van der Waals surface area contributed by atoms with Gasteiger partial charge < -0.3 is 10.2 Å². The van der Waals surface area contributed by atoms with Crippen LogP contribution in [0.15, 0.2) is 60.8 Å². The number of nitrogens with one attached hydrogen (secondary N) is 1. The van der Waals surface area contributed by atoms with E-state index < -0.39 is 0 Å². The molecule has 0 fully saturated rings. The number of benzene rings is 2. The molecule has 0 atom stereocenters. The van der Waals surface area contributed by atoms with Crippen molar-refractivity contribution in [1.82, 2.24) is 15.2 Å². The van der Waals surface area contributed by atoms with Gasteiger partial charge in [-0.2, -0.15) is 10.1 Å². The van der Waals surface area contributed by atoms with Gasteiger partial charge in [0.1, 0.15) is 5.82 Å². The summed E-state index contributed by atoms with van der Waals surface area (Å²) in [7, 11) is 0. The standard InChI is InChI=1S/C19H20FN5/c1-2-25(16-9-4-3-5-10-16)18-14-22-24-19(23-18)21-13-12-15-8-6-7-11-17(15)20/h3-11,14H,2,12-13H2,1H3,(H,21,23,24). The van der Waals surface area contributed by atoms with E-state index in [9.17, 15) is 4.39 Å². The molecule has 0 aliphatic carbocycles. The fourth-order valence-electron chi connectivity index (χ4n) is 2.59. The highest BCUT2D eigenvalue weighted by Crippen LogP contribution is 2.22. The lowest BCUT2D eigenvalue weighted by molar-refractivity contribution is 0.610. The molecular formula is C19H20FN5. The number of para-hydroxylation sites is 1. The van der Waals surface area contributed by atoms with Gasteiger partial charge in [0.2, 0.25) is 5.95 Å². The average Bonchev–Trinajstić information content (AvgIpc) is 2.65. The fraction of sp³-hybridized carbons (Fsp3) is 0.211. The molecule has 3 rings (SSSR count). The molecule has 0 saturated heterocycles. The Morgan fingerprint density at radius 2 is 1.80 bits per heavy atom. The van der Waals surface area contributed by atoms with Crippen LogP contribution in [0.2, 0.25) is 0 Å². The minimum absolute atomic E-state index is 0.196. The van der Waals surface area contributed by atoms with Gasteiger partial charge in [-0.15, -0.1) is 5.10 Å². The summed E-state index contributed by atoms with van der Waals surface area (Å²) in [6, 6.07) is 16.8. The molecule has 3 aromatic rings. The summed E-state index contributed by atoms with van der Waals surface area (Å²) in [5.74, 6) is 0.957. The van der Waals surface area contributed by atoms with Crippen molar-refractivity contribution >= 4 is 17.5 Å². The first-order chi connectivity index (χ1) is 12.3. The van der Waals surface area contributed by atoms with Crippen LogP contribution in [0.25, 0.3) is 0 Å². The van der Waals surface area contributed by atoms with E-state index in [0.717, 1.165) is 18.1 Å². The molecule has 0 unspecified atom stereocenters. The number of hydrogen-bond donors (Lipinski definition) is 1. The van der Waals surface area contributed by atoms with Crippen LogP contribution in [-0.2, 0) is 6.42 Å². The molecule has 0 bridgehead atoms. The zero-order valence-electron chi connectivity index (χ0n) is 14.1. The van der Waals surface area contributed by atoms with E-state index in [4.69, 9.17) is 0 Å². The maximum Gasteiger partial charge on any atom is 0.244 e. The van der Waals surface area contributed by atoms with Crippen molar-refractivity contribution in [2.75, 3.05) is 23.3 Å². The van der Waals surface area contributed by atoms with Gasteiger partial charge in [0.25, 0.3) is 0 Å². The summed E-state index contributed by atoms with van der Waals surface area (Å²) in [6.45, 7) is 3.35. The van der Waals surface area contributed by atoms with Crippen LogP contribution in [0.4, 0.5) is 21.8 Å². The van der Waals surface area contributed by atoms with Gasteiger partial charge in [-0.05, 0) is 37.1 Å². The van der Waals surface area contributed by atoms with Gasteiger partial charge in [0.15, 0.2) is 5.82 Å². The summed E-state index contributed by atoms with van der Waals surface area (Å²) >= 11 is 0. The van der Waals surface area contributed by atoms with Crippen LogP contribution in [0.1, 0.15) is 12.5 Å². The van der Waals surface area contributed by atoms with Crippen LogP contribution in [-0.4, -0.2) is 28.3 Å². The first-order valence-corrected chi connectivity index (χ1v) is 8.27. The summed E-state index contributed by atoms with van der Waals surface area (Å²) < 4.78 is 13.6. The van der Waals surface area contributed by atoms with Gasteiger partial charge in [-0.25, -0.2) is 4.39 Å². The quantitative estimate of drug-likeness (QED) is 0.710. The molecule has 6 heteroatoms. The van der Waals surface area contributed by atoms with Crippen LogP contribution in [0.5, 0.6) is 0 Å². The Kier molecular flexibility index (Phi) is 5.51. The molecule has 0 aliphatic rings. The van der Waals surface area contributed by atoms with Crippen molar-refractivity contribution < 1.29 is 4.39 Å². The zero-order valence-corrected chi connectivity index (χ0v) is 14.1. The number of anilines is 3. The van der Waals surface area contributed by atoms with Gasteiger partial charge in [-0.3, -0.25) is 0 Å². The largest absolute Gasteiger partial charge is 0.353 e. The second-order valence-electron chi connectivity index (χ2n) is 5.49. The zero-order chi connectivity index (χ0) is 17.5. The molecule has 1 heterocycles. The fourth-order valence-corrected chi connectivity index (χ4v) is 2.59. The monoisotopic (exact) mass is 337 g/mol. The molecule has 0 radical (unpaired) electrons. The number of halogens is 1. The second-order valence-corrected chi connectivity index (χ2v) is 5.49. The Balaban J connectivity index is 1.68. The Morgan fingerprint density at radius 1 is 1.04 bits per heavy atom. The third kappa shape index (κ3) is 4.29. The predicted octanol–water partition coefficient (Wildman–Crippen LogP) is 3.82. The number of aromatic nitrogens is 3. The first kappa shape index (κ1) is 16.8. The maximum atomic E-state index is 13.6. The molecule has 128 valence electrons. The second kappa shape index (κ2) is 8.19. The predicted molar refractivity (Wildman–Crippen MR) is 97.5 cm³/mol. The Labute approximate surface area is 146 Å². The summed E-state index contributed by atoms with van der Waals surface area (Å²) in [5, 5.41) is 11.2. The Bertz CT molecular complexity index is 810. The molecule has 0 saturated carbocycles. The van der Waals surface area contributed by atoms with Crippen molar-refractivity contribution in [2.24, 2.45) is 0 Å². The Morgan fingerprint density at radius 3 is 2.56 bits per heavy atom. The average molecular weight is 337 g/mol. The van der Waals surface area contributed by atoms with E-state index in [1.54, 1.807) is 18.3 Å². The van der Waals surface area contributed by atoms with E-state index in [0.29, 0.717) is 24.5 Å². The van der Waals surface area contributed by atoms with Crippen LogP contribution in [0, 0.1) is 5.82 Å².